The van der Waals surface area contributed by atoms with Crippen molar-refractivity contribution in [2.75, 3.05) is 13.1 Å². The number of aliphatic hydroxyl groups excluding tert-OH is 1. The smallest absolute Gasteiger partial charge is 0.111 e. The van der Waals surface area contributed by atoms with Crippen LogP contribution in [0.5, 0.6) is 0 Å². The first-order valence-corrected chi connectivity index (χ1v) is 7.68. The fourth-order valence-corrected chi connectivity index (χ4v) is 3.46. The number of fused-ring (bicyclic) bond motifs is 3. The highest BCUT2D eigenvalue weighted by Gasteiger charge is 2.27. The van der Waals surface area contributed by atoms with Crippen molar-refractivity contribution in [2.24, 2.45) is 0 Å². The average molecular weight is 271 g/mol. The number of benzene rings is 1. The van der Waals surface area contributed by atoms with Crippen LogP contribution in [0.3, 0.4) is 0 Å². The molecule has 1 aromatic heterocycles. The molecule has 2 heterocycles. The largest absolute Gasteiger partial charge is 0.392 e. The maximum Gasteiger partial charge on any atom is 0.111 e. The van der Waals surface area contributed by atoms with Crippen LogP contribution in [0.25, 0.3) is 11.0 Å². The molecule has 4 nitrogen and oxygen atoms in total. The quantitative estimate of drug-likeness (QED) is 0.907. The van der Waals surface area contributed by atoms with E-state index in [0.717, 1.165) is 43.2 Å². The van der Waals surface area contributed by atoms with Crippen molar-refractivity contribution in [3.8, 4) is 0 Å². The van der Waals surface area contributed by atoms with Gasteiger partial charge in [-0.2, -0.15) is 0 Å². The first-order chi connectivity index (χ1) is 9.85. The lowest BCUT2D eigenvalue weighted by Gasteiger charge is -2.36. The number of nitrogens with zero attached hydrogens (tertiary/aromatic N) is 3. The normalized spacial score (nSPS) is 20.6. The summed E-state index contributed by atoms with van der Waals surface area (Å²) in [6.45, 7) is 3.40. The van der Waals surface area contributed by atoms with Crippen molar-refractivity contribution in [2.45, 2.75) is 44.9 Å². The van der Waals surface area contributed by atoms with Crippen molar-refractivity contribution in [1.29, 1.82) is 0 Å². The van der Waals surface area contributed by atoms with E-state index >= 15 is 0 Å². The van der Waals surface area contributed by atoms with E-state index in [1.807, 2.05) is 12.1 Å². The SMILES string of the molecule is OCc1ccc2nc3n(c2c1)CCN(C1CCC1)CC3. The highest BCUT2D eigenvalue weighted by Crippen LogP contribution is 2.27. The van der Waals surface area contributed by atoms with Gasteiger partial charge in [-0.05, 0) is 30.5 Å². The highest BCUT2D eigenvalue weighted by atomic mass is 16.3. The zero-order valence-electron chi connectivity index (χ0n) is 11.8. The number of aromatic nitrogens is 2. The Labute approximate surface area is 119 Å². The molecule has 0 saturated heterocycles. The molecule has 4 heteroatoms. The van der Waals surface area contributed by atoms with Gasteiger partial charge in [0, 0.05) is 32.1 Å². The molecule has 20 heavy (non-hydrogen) atoms. The lowest BCUT2D eigenvalue weighted by atomic mass is 9.91. The van der Waals surface area contributed by atoms with Crippen molar-refractivity contribution < 1.29 is 5.11 Å². The summed E-state index contributed by atoms with van der Waals surface area (Å²) in [4.78, 5) is 7.42. The summed E-state index contributed by atoms with van der Waals surface area (Å²) in [5.74, 6) is 1.21. The fraction of sp³-hybridized carbons (Fsp3) is 0.562. The van der Waals surface area contributed by atoms with Crippen LogP contribution in [-0.4, -0.2) is 38.7 Å². The van der Waals surface area contributed by atoms with Gasteiger partial charge in [0.15, 0.2) is 0 Å². The lowest BCUT2D eigenvalue weighted by Crippen LogP contribution is -2.41. The van der Waals surface area contributed by atoms with Crippen LogP contribution in [-0.2, 0) is 19.6 Å². The Balaban J connectivity index is 1.66. The van der Waals surface area contributed by atoms with Gasteiger partial charge in [0.25, 0.3) is 0 Å². The Kier molecular flexibility index (Phi) is 3.00. The van der Waals surface area contributed by atoms with Crippen LogP contribution in [0.4, 0.5) is 0 Å². The lowest BCUT2D eigenvalue weighted by molar-refractivity contribution is 0.130. The second kappa shape index (κ2) is 4.86. The van der Waals surface area contributed by atoms with Crippen LogP contribution >= 0.6 is 0 Å². The molecule has 1 aromatic carbocycles. The molecule has 0 unspecified atom stereocenters. The monoisotopic (exact) mass is 271 g/mol. The molecular formula is C16H21N3O. The number of rotatable bonds is 2. The average Bonchev–Trinajstić information content (AvgIpc) is 2.64. The summed E-state index contributed by atoms with van der Waals surface area (Å²) in [5, 5.41) is 9.31. The van der Waals surface area contributed by atoms with Gasteiger partial charge in [-0.15, -0.1) is 0 Å². The van der Waals surface area contributed by atoms with E-state index in [9.17, 15) is 5.11 Å². The van der Waals surface area contributed by atoms with E-state index < -0.39 is 0 Å². The predicted octanol–water partition coefficient (Wildman–Crippen LogP) is 1.94. The maximum atomic E-state index is 9.31. The van der Waals surface area contributed by atoms with E-state index in [4.69, 9.17) is 4.98 Å². The van der Waals surface area contributed by atoms with Crippen LogP contribution in [0.15, 0.2) is 18.2 Å². The van der Waals surface area contributed by atoms with Gasteiger partial charge < -0.3 is 9.67 Å². The summed E-state index contributed by atoms with van der Waals surface area (Å²) in [6, 6.07) is 6.91. The fourth-order valence-electron chi connectivity index (χ4n) is 3.46. The highest BCUT2D eigenvalue weighted by molar-refractivity contribution is 5.77. The zero-order chi connectivity index (χ0) is 13.5. The Bertz CT molecular complexity index is 630. The van der Waals surface area contributed by atoms with Crippen molar-refractivity contribution in [3.05, 3.63) is 29.6 Å². The van der Waals surface area contributed by atoms with Gasteiger partial charge in [-0.25, -0.2) is 4.98 Å². The van der Waals surface area contributed by atoms with Gasteiger partial charge in [-0.1, -0.05) is 12.5 Å². The zero-order valence-corrected chi connectivity index (χ0v) is 11.8. The molecule has 0 amide bonds. The van der Waals surface area contributed by atoms with E-state index in [1.165, 1.54) is 30.6 Å². The van der Waals surface area contributed by atoms with Crippen LogP contribution in [0, 0.1) is 0 Å². The molecule has 4 rings (SSSR count). The Hall–Kier alpha value is -1.39. The first kappa shape index (κ1) is 12.4. The molecule has 2 aliphatic rings. The minimum absolute atomic E-state index is 0.102. The summed E-state index contributed by atoms with van der Waals surface area (Å²) in [5.41, 5.74) is 3.22. The molecule has 1 saturated carbocycles. The van der Waals surface area contributed by atoms with Crippen molar-refractivity contribution >= 4 is 11.0 Å². The summed E-state index contributed by atoms with van der Waals surface area (Å²) < 4.78 is 2.35. The second-order valence-corrected chi connectivity index (χ2v) is 6.03. The molecule has 0 spiro atoms. The molecule has 2 aromatic rings. The van der Waals surface area contributed by atoms with E-state index in [0.29, 0.717) is 0 Å². The molecule has 1 N–H and O–H groups in total. The minimum Gasteiger partial charge on any atom is -0.392 e. The molecule has 1 aliphatic carbocycles. The Morgan fingerprint density at radius 1 is 1.20 bits per heavy atom. The first-order valence-electron chi connectivity index (χ1n) is 7.68. The number of hydrogen-bond acceptors (Lipinski definition) is 3. The molecule has 1 fully saturated rings. The van der Waals surface area contributed by atoms with Gasteiger partial charge in [0.2, 0.25) is 0 Å². The van der Waals surface area contributed by atoms with E-state index in [2.05, 4.69) is 15.5 Å². The summed E-state index contributed by atoms with van der Waals surface area (Å²) in [7, 11) is 0. The topological polar surface area (TPSA) is 41.3 Å². The van der Waals surface area contributed by atoms with Crippen molar-refractivity contribution in [1.82, 2.24) is 14.5 Å². The third kappa shape index (κ3) is 1.95. The van der Waals surface area contributed by atoms with Gasteiger partial charge in [0.05, 0.1) is 17.6 Å². The molecule has 0 atom stereocenters. The van der Waals surface area contributed by atoms with Gasteiger partial charge in [-0.3, -0.25) is 4.90 Å². The maximum absolute atomic E-state index is 9.31. The van der Waals surface area contributed by atoms with Crippen LogP contribution < -0.4 is 0 Å². The Morgan fingerprint density at radius 2 is 2.10 bits per heavy atom. The number of hydrogen-bond donors (Lipinski definition) is 1. The van der Waals surface area contributed by atoms with Crippen LogP contribution in [0.1, 0.15) is 30.7 Å². The summed E-state index contributed by atoms with van der Waals surface area (Å²) >= 11 is 0. The number of aliphatic hydroxyl groups is 1. The predicted molar refractivity (Wildman–Crippen MR) is 78.6 cm³/mol. The number of imidazole rings is 1. The molecular weight excluding hydrogens is 250 g/mol. The Morgan fingerprint density at radius 3 is 2.85 bits per heavy atom. The third-order valence-corrected chi connectivity index (χ3v) is 4.90. The molecule has 0 bridgehead atoms. The standard InChI is InChI=1S/C16H21N3O/c20-11-12-4-5-14-15(10-12)19-9-8-18(13-2-1-3-13)7-6-16(19)17-14/h4-5,10,13,20H,1-3,6-9,11H2. The van der Waals surface area contributed by atoms with Crippen LogP contribution in [0.2, 0.25) is 0 Å². The summed E-state index contributed by atoms with van der Waals surface area (Å²) in [6.07, 6.45) is 5.18. The molecule has 0 radical (unpaired) electrons. The molecule has 106 valence electrons. The van der Waals surface area contributed by atoms with Crippen molar-refractivity contribution in [3.63, 3.8) is 0 Å². The molecule has 1 aliphatic heterocycles. The van der Waals surface area contributed by atoms with E-state index in [1.54, 1.807) is 0 Å². The van der Waals surface area contributed by atoms with Gasteiger partial charge >= 0.3 is 0 Å². The minimum atomic E-state index is 0.102. The second-order valence-electron chi connectivity index (χ2n) is 6.03. The van der Waals surface area contributed by atoms with Gasteiger partial charge in [0.1, 0.15) is 5.82 Å². The van der Waals surface area contributed by atoms with E-state index in [-0.39, 0.29) is 6.61 Å². The third-order valence-electron chi connectivity index (χ3n) is 4.90.